The molecule has 0 spiro atoms. The van der Waals surface area contributed by atoms with Gasteiger partial charge in [0, 0.05) is 24.8 Å². The number of hydrogen-bond donors (Lipinski definition) is 1. The molecule has 1 N–H and O–H groups in total. The monoisotopic (exact) mass is 350 g/mol. The molecule has 2 rings (SSSR count). The van der Waals surface area contributed by atoms with Gasteiger partial charge in [-0.15, -0.1) is 0 Å². The largest absolute Gasteiger partial charge is 0.381 e. The second-order valence-electron chi connectivity index (χ2n) is 6.95. The predicted molar refractivity (Wildman–Crippen MR) is 103 cm³/mol. The quantitative estimate of drug-likeness (QED) is 0.481. The molecule has 1 aromatic rings. The topological polar surface area (TPSA) is 21.3 Å². The van der Waals surface area contributed by atoms with Crippen LogP contribution in [0.3, 0.4) is 0 Å². The van der Waals surface area contributed by atoms with Gasteiger partial charge in [-0.1, -0.05) is 49.4 Å². The average molecular weight is 351 g/mol. The maximum absolute atomic E-state index is 5.89. The summed E-state index contributed by atoms with van der Waals surface area (Å²) in [6.45, 7) is 5.27. The zero-order valence-corrected chi connectivity index (χ0v) is 15.7. The minimum atomic E-state index is 0.821. The van der Waals surface area contributed by atoms with E-state index in [9.17, 15) is 0 Å². The lowest BCUT2D eigenvalue weighted by molar-refractivity contribution is 0.125. The lowest BCUT2D eigenvalue weighted by Crippen LogP contribution is -2.23. The fourth-order valence-corrected chi connectivity index (χ4v) is 3.42. The number of ether oxygens (including phenoxy) is 1. The molecule has 135 valence electrons. The fourth-order valence-electron chi connectivity index (χ4n) is 3.30. The molecule has 1 aliphatic heterocycles. The van der Waals surface area contributed by atoms with Crippen molar-refractivity contribution in [1.29, 1.82) is 0 Å². The highest BCUT2D eigenvalue weighted by molar-refractivity contribution is 6.30. The van der Waals surface area contributed by atoms with Gasteiger partial charge in [0.2, 0.25) is 0 Å². The van der Waals surface area contributed by atoms with Gasteiger partial charge >= 0.3 is 0 Å². The van der Waals surface area contributed by atoms with Crippen molar-refractivity contribution in [3.8, 4) is 0 Å². The second-order valence-corrected chi connectivity index (χ2v) is 7.38. The summed E-state index contributed by atoms with van der Waals surface area (Å²) in [5, 5.41) is 4.14. The highest BCUT2D eigenvalue weighted by Gasteiger charge is 2.12. The van der Waals surface area contributed by atoms with Crippen LogP contribution in [0, 0.1) is 12.5 Å². The summed E-state index contributed by atoms with van der Waals surface area (Å²) < 4.78 is 5.76. The van der Waals surface area contributed by atoms with Gasteiger partial charge in [-0.05, 0) is 68.7 Å². The number of halogens is 1. The SMILES string of the molecule is Clc1ccc(CCCCCOCCCCCC2C[CH]NCC2)cc1. The summed E-state index contributed by atoms with van der Waals surface area (Å²) in [6, 6.07) is 8.20. The van der Waals surface area contributed by atoms with Crippen LogP contribution in [0.15, 0.2) is 24.3 Å². The molecule has 0 aromatic heterocycles. The smallest absolute Gasteiger partial charge is 0.0466 e. The Bertz CT molecular complexity index is 414. The van der Waals surface area contributed by atoms with Gasteiger partial charge < -0.3 is 10.1 Å². The lowest BCUT2D eigenvalue weighted by atomic mass is 9.92. The van der Waals surface area contributed by atoms with Gasteiger partial charge in [0.15, 0.2) is 0 Å². The van der Waals surface area contributed by atoms with E-state index in [1.807, 2.05) is 12.1 Å². The van der Waals surface area contributed by atoms with Crippen LogP contribution in [-0.4, -0.2) is 19.8 Å². The standard InChI is InChI=1S/C21H33ClNO/c22-21-11-9-19(10-12-21)7-3-1-5-17-24-18-6-2-4-8-20-13-15-23-16-14-20/h9-12,15,20,23H,1-8,13-14,16-18H2. The van der Waals surface area contributed by atoms with E-state index in [-0.39, 0.29) is 0 Å². The molecular weight excluding hydrogens is 318 g/mol. The summed E-state index contributed by atoms with van der Waals surface area (Å²) in [4.78, 5) is 0. The molecule has 2 nitrogen and oxygen atoms in total. The highest BCUT2D eigenvalue weighted by Crippen LogP contribution is 2.20. The minimum absolute atomic E-state index is 0.821. The first-order valence-electron chi connectivity index (χ1n) is 9.72. The molecule has 0 aliphatic carbocycles. The number of piperidine rings is 1. The Hall–Kier alpha value is -0.570. The Balaban J connectivity index is 1.32. The molecule has 1 saturated heterocycles. The van der Waals surface area contributed by atoms with E-state index in [0.717, 1.165) is 30.6 Å². The molecule has 1 aliphatic rings. The molecule has 0 amide bonds. The van der Waals surface area contributed by atoms with Crippen LogP contribution in [0.4, 0.5) is 0 Å². The third-order valence-corrected chi connectivity index (χ3v) is 5.11. The second kappa shape index (κ2) is 12.7. The molecule has 1 aromatic carbocycles. The summed E-state index contributed by atoms with van der Waals surface area (Å²) >= 11 is 5.89. The predicted octanol–water partition coefficient (Wildman–Crippen LogP) is 5.79. The van der Waals surface area contributed by atoms with Crippen LogP contribution in [0.2, 0.25) is 5.02 Å². The van der Waals surface area contributed by atoms with E-state index in [1.165, 1.54) is 69.9 Å². The van der Waals surface area contributed by atoms with Gasteiger partial charge in [-0.3, -0.25) is 0 Å². The van der Waals surface area contributed by atoms with E-state index in [1.54, 1.807) is 0 Å². The summed E-state index contributed by atoms with van der Waals surface area (Å²) in [5.74, 6) is 0.924. The van der Waals surface area contributed by atoms with E-state index in [0.29, 0.717) is 0 Å². The Labute approximate surface area is 153 Å². The Morgan fingerprint density at radius 2 is 1.71 bits per heavy atom. The third kappa shape index (κ3) is 9.05. The molecule has 1 heterocycles. The lowest BCUT2D eigenvalue weighted by Gasteiger charge is -2.21. The van der Waals surface area contributed by atoms with Crippen LogP contribution in [0.25, 0.3) is 0 Å². The average Bonchev–Trinajstić information content (AvgIpc) is 2.62. The maximum atomic E-state index is 5.89. The molecule has 3 heteroatoms. The van der Waals surface area contributed by atoms with Crippen molar-refractivity contribution in [2.45, 2.75) is 64.2 Å². The van der Waals surface area contributed by atoms with E-state index >= 15 is 0 Å². The number of aryl methyl sites for hydroxylation is 1. The molecule has 0 saturated carbocycles. The number of hydrogen-bond acceptors (Lipinski definition) is 2. The number of rotatable bonds is 12. The minimum Gasteiger partial charge on any atom is -0.381 e. The van der Waals surface area contributed by atoms with E-state index in [4.69, 9.17) is 16.3 Å². The summed E-state index contributed by atoms with van der Waals surface area (Å²) in [6.07, 6.45) is 12.7. The first-order chi connectivity index (χ1) is 11.8. The van der Waals surface area contributed by atoms with Crippen LogP contribution < -0.4 is 5.32 Å². The Morgan fingerprint density at radius 1 is 0.958 bits per heavy atom. The van der Waals surface area contributed by atoms with Crippen molar-refractivity contribution >= 4 is 11.6 Å². The van der Waals surface area contributed by atoms with Crippen molar-refractivity contribution < 1.29 is 4.74 Å². The maximum Gasteiger partial charge on any atom is 0.0466 e. The van der Waals surface area contributed by atoms with E-state index < -0.39 is 0 Å². The van der Waals surface area contributed by atoms with Crippen molar-refractivity contribution in [2.24, 2.45) is 5.92 Å². The van der Waals surface area contributed by atoms with Crippen LogP contribution in [0.1, 0.15) is 63.4 Å². The van der Waals surface area contributed by atoms with E-state index in [2.05, 4.69) is 24.0 Å². The van der Waals surface area contributed by atoms with Crippen molar-refractivity contribution in [3.63, 3.8) is 0 Å². The summed E-state index contributed by atoms with van der Waals surface area (Å²) in [7, 11) is 0. The van der Waals surface area contributed by atoms with Gasteiger partial charge in [0.1, 0.15) is 0 Å². The number of unbranched alkanes of at least 4 members (excludes halogenated alkanes) is 4. The normalized spacial score (nSPS) is 15.7. The van der Waals surface area contributed by atoms with Crippen molar-refractivity contribution in [2.75, 3.05) is 19.8 Å². The molecule has 1 fully saturated rings. The van der Waals surface area contributed by atoms with Crippen molar-refractivity contribution in [1.82, 2.24) is 5.32 Å². The summed E-state index contributed by atoms with van der Waals surface area (Å²) in [5.41, 5.74) is 1.38. The fraction of sp³-hybridized carbons (Fsp3) is 0.667. The molecule has 24 heavy (non-hydrogen) atoms. The number of nitrogens with one attached hydrogen (secondary N) is 1. The van der Waals surface area contributed by atoms with Gasteiger partial charge in [-0.25, -0.2) is 0 Å². The van der Waals surface area contributed by atoms with Gasteiger partial charge in [0.05, 0.1) is 0 Å². The molecule has 1 unspecified atom stereocenters. The van der Waals surface area contributed by atoms with Gasteiger partial charge in [0.25, 0.3) is 0 Å². The third-order valence-electron chi connectivity index (χ3n) is 4.86. The Kier molecular flexibility index (Phi) is 10.5. The molecule has 1 atom stereocenters. The highest BCUT2D eigenvalue weighted by atomic mass is 35.5. The van der Waals surface area contributed by atoms with Crippen LogP contribution in [-0.2, 0) is 11.2 Å². The number of benzene rings is 1. The zero-order valence-electron chi connectivity index (χ0n) is 14.9. The zero-order chi connectivity index (χ0) is 16.9. The van der Waals surface area contributed by atoms with Crippen LogP contribution in [0.5, 0.6) is 0 Å². The molecule has 0 bridgehead atoms. The first-order valence-corrected chi connectivity index (χ1v) is 10.1. The van der Waals surface area contributed by atoms with Gasteiger partial charge in [-0.2, -0.15) is 0 Å². The first kappa shape index (κ1) is 19.8. The Morgan fingerprint density at radius 3 is 2.42 bits per heavy atom. The van der Waals surface area contributed by atoms with Crippen molar-refractivity contribution in [3.05, 3.63) is 41.4 Å². The molecule has 1 radical (unpaired) electrons. The molecular formula is C21H33ClNO. The van der Waals surface area contributed by atoms with Crippen LogP contribution >= 0.6 is 11.6 Å².